The Labute approximate surface area is 90.8 Å². The van der Waals surface area contributed by atoms with E-state index in [2.05, 4.69) is 31.8 Å². The Morgan fingerprint density at radius 1 is 1.64 bits per heavy atom. The predicted molar refractivity (Wildman–Crippen MR) is 55.2 cm³/mol. The summed E-state index contributed by atoms with van der Waals surface area (Å²) in [6, 6.07) is 0.264. The summed E-state index contributed by atoms with van der Waals surface area (Å²) in [5, 5.41) is 0. The van der Waals surface area contributed by atoms with Gasteiger partial charge >= 0.3 is 6.01 Å². The van der Waals surface area contributed by atoms with E-state index in [1.54, 1.807) is 6.20 Å². The Bertz CT molecular complexity index is 349. The van der Waals surface area contributed by atoms with E-state index in [1.165, 1.54) is 7.11 Å². The lowest BCUT2D eigenvalue weighted by molar-refractivity contribution is 0.291. The number of hydrogen-bond acceptors (Lipinski definition) is 4. The van der Waals surface area contributed by atoms with Gasteiger partial charge in [-0.15, -0.1) is 12.3 Å². The number of halogens is 1. The van der Waals surface area contributed by atoms with E-state index in [9.17, 15) is 0 Å². The molecule has 0 aliphatic rings. The number of terminal acetylenes is 1. The van der Waals surface area contributed by atoms with E-state index in [4.69, 9.17) is 15.9 Å². The van der Waals surface area contributed by atoms with Crippen molar-refractivity contribution in [3.63, 3.8) is 0 Å². The molecule has 0 amide bonds. The Morgan fingerprint density at radius 2 is 2.43 bits per heavy atom. The van der Waals surface area contributed by atoms with Gasteiger partial charge in [0.05, 0.1) is 17.8 Å². The van der Waals surface area contributed by atoms with E-state index in [0.29, 0.717) is 23.4 Å². The highest BCUT2D eigenvalue weighted by Crippen LogP contribution is 2.22. The van der Waals surface area contributed by atoms with Gasteiger partial charge in [0.25, 0.3) is 0 Å². The molecule has 0 N–H and O–H groups in total. The number of aromatic nitrogens is 2. The normalized spacial score (nSPS) is 9.21. The second-order valence-corrected chi connectivity index (χ2v) is 3.17. The molecule has 1 heterocycles. The van der Waals surface area contributed by atoms with Gasteiger partial charge in [-0.2, -0.15) is 4.98 Å². The summed E-state index contributed by atoms with van der Waals surface area (Å²) < 4.78 is 10.8. The topological polar surface area (TPSA) is 44.2 Å². The standard InChI is InChI=1S/C9H9BrN2O2/c1-3-4-5-14-9-11-6-7(10)8(12-9)13-2/h1,6H,4-5H2,2H3. The van der Waals surface area contributed by atoms with Crippen molar-refractivity contribution in [3.05, 3.63) is 10.7 Å². The van der Waals surface area contributed by atoms with Crippen LogP contribution in [0, 0.1) is 12.3 Å². The molecule has 0 spiro atoms. The van der Waals surface area contributed by atoms with E-state index < -0.39 is 0 Å². The number of ether oxygens (including phenoxy) is 2. The van der Waals surface area contributed by atoms with Crippen molar-refractivity contribution in [3.8, 4) is 24.2 Å². The summed E-state index contributed by atoms with van der Waals surface area (Å²) in [6.07, 6.45) is 7.17. The Hall–Kier alpha value is -1.28. The first-order chi connectivity index (χ1) is 6.77. The van der Waals surface area contributed by atoms with Crippen molar-refractivity contribution in [1.29, 1.82) is 0 Å². The highest BCUT2D eigenvalue weighted by atomic mass is 79.9. The highest BCUT2D eigenvalue weighted by molar-refractivity contribution is 9.10. The molecule has 0 aromatic carbocycles. The summed E-state index contributed by atoms with van der Waals surface area (Å²) in [4.78, 5) is 7.92. The van der Waals surface area contributed by atoms with Crippen LogP contribution in [0.25, 0.3) is 0 Å². The summed E-state index contributed by atoms with van der Waals surface area (Å²) in [5.74, 6) is 2.90. The molecular weight excluding hydrogens is 248 g/mol. The van der Waals surface area contributed by atoms with Crippen LogP contribution in [0.15, 0.2) is 10.7 Å². The monoisotopic (exact) mass is 256 g/mol. The third-order valence-electron chi connectivity index (χ3n) is 1.36. The van der Waals surface area contributed by atoms with Crippen LogP contribution in [0.2, 0.25) is 0 Å². The molecule has 4 nitrogen and oxygen atoms in total. The van der Waals surface area contributed by atoms with Crippen LogP contribution in [0.3, 0.4) is 0 Å². The second-order valence-electron chi connectivity index (χ2n) is 2.31. The maximum absolute atomic E-state index is 5.18. The first kappa shape index (κ1) is 10.8. The molecule has 0 unspecified atom stereocenters. The zero-order valence-corrected chi connectivity index (χ0v) is 9.24. The van der Waals surface area contributed by atoms with Gasteiger partial charge in [0.1, 0.15) is 6.61 Å². The number of hydrogen-bond donors (Lipinski definition) is 0. The number of rotatable bonds is 4. The molecule has 1 aromatic heterocycles. The van der Waals surface area contributed by atoms with Gasteiger partial charge in [0.15, 0.2) is 0 Å². The van der Waals surface area contributed by atoms with Gasteiger partial charge in [-0.3, -0.25) is 0 Å². The average molecular weight is 257 g/mol. The fourth-order valence-electron chi connectivity index (χ4n) is 0.750. The van der Waals surface area contributed by atoms with Crippen LogP contribution >= 0.6 is 15.9 Å². The molecule has 0 atom stereocenters. The zero-order chi connectivity index (χ0) is 10.4. The van der Waals surface area contributed by atoms with Crippen LogP contribution in [0.4, 0.5) is 0 Å². The largest absolute Gasteiger partial charge is 0.480 e. The minimum absolute atomic E-state index is 0.264. The third-order valence-corrected chi connectivity index (χ3v) is 1.90. The quantitative estimate of drug-likeness (QED) is 0.607. The fraction of sp³-hybridized carbons (Fsp3) is 0.333. The van der Waals surface area contributed by atoms with Crippen molar-refractivity contribution in [1.82, 2.24) is 9.97 Å². The highest BCUT2D eigenvalue weighted by Gasteiger charge is 2.04. The summed E-state index contributed by atoms with van der Waals surface area (Å²) in [6.45, 7) is 0.404. The minimum Gasteiger partial charge on any atom is -0.480 e. The van der Waals surface area contributed by atoms with E-state index in [0.717, 1.165) is 0 Å². The van der Waals surface area contributed by atoms with Crippen molar-refractivity contribution in [2.45, 2.75) is 6.42 Å². The molecule has 0 saturated carbocycles. The number of nitrogens with zero attached hydrogens (tertiary/aromatic N) is 2. The van der Waals surface area contributed by atoms with Gasteiger partial charge in [0.2, 0.25) is 5.88 Å². The number of methoxy groups -OCH3 is 1. The van der Waals surface area contributed by atoms with Crippen molar-refractivity contribution in [2.24, 2.45) is 0 Å². The van der Waals surface area contributed by atoms with Crippen LogP contribution in [0.5, 0.6) is 11.9 Å². The van der Waals surface area contributed by atoms with Gasteiger partial charge in [-0.05, 0) is 15.9 Å². The smallest absolute Gasteiger partial charge is 0.319 e. The van der Waals surface area contributed by atoms with Crippen molar-refractivity contribution >= 4 is 15.9 Å². The Kier molecular flexibility index (Phi) is 4.20. The maximum atomic E-state index is 5.18. The van der Waals surface area contributed by atoms with Gasteiger partial charge in [-0.25, -0.2) is 4.98 Å². The maximum Gasteiger partial charge on any atom is 0.319 e. The van der Waals surface area contributed by atoms with Crippen LogP contribution in [0.1, 0.15) is 6.42 Å². The molecule has 5 heteroatoms. The molecule has 0 radical (unpaired) electrons. The zero-order valence-electron chi connectivity index (χ0n) is 7.66. The Balaban J connectivity index is 2.65. The van der Waals surface area contributed by atoms with Crippen LogP contribution in [-0.2, 0) is 0 Å². The first-order valence-corrected chi connectivity index (χ1v) is 4.70. The van der Waals surface area contributed by atoms with E-state index in [-0.39, 0.29) is 6.01 Å². The van der Waals surface area contributed by atoms with Crippen molar-refractivity contribution in [2.75, 3.05) is 13.7 Å². The fourth-order valence-corrected chi connectivity index (χ4v) is 1.10. The van der Waals surface area contributed by atoms with Gasteiger partial charge in [0, 0.05) is 6.42 Å². The average Bonchev–Trinajstić information content (AvgIpc) is 2.21. The lowest BCUT2D eigenvalue weighted by Crippen LogP contribution is -2.01. The molecule has 74 valence electrons. The molecular formula is C9H9BrN2O2. The van der Waals surface area contributed by atoms with Crippen molar-refractivity contribution < 1.29 is 9.47 Å². The summed E-state index contributed by atoms with van der Waals surface area (Å²) in [7, 11) is 1.53. The summed E-state index contributed by atoms with van der Waals surface area (Å²) in [5.41, 5.74) is 0. The molecule has 14 heavy (non-hydrogen) atoms. The first-order valence-electron chi connectivity index (χ1n) is 3.90. The van der Waals surface area contributed by atoms with Crippen LogP contribution < -0.4 is 9.47 Å². The second kappa shape index (κ2) is 5.45. The molecule has 0 aliphatic carbocycles. The molecule has 1 aromatic rings. The molecule has 0 bridgehead atoms. The molecule has 0 aliphatic heterocycles. The Morgan fingerprint density at radius 3 is 3.07 bits per heavy atom. The lowest BCUT2D eigenvalue weighted by atomic mass is 10.5. The SMILES string of the molecule is C#CCCOc1ncc(Br)c(OC)n1. The molecule has 0 fully saturated rings. The molecule has 1 rings (SSSR count). The minimum atomic E-state index is 0.264. The van der Waals surface area contributed by atoms with E-state index >= 15 is 0 Å². The van der Waals surface area contributed by atoms with E-state index in [1.807, 2.05) is 0 Å². The third kappa shape index (κ3) is 2.89. The molecule has 0 saturated heterocycles. The predicted octanol–water partition coefficient (Wildman–Crippen LogP) is 1.65. The summed E-state index contributed by atoms with van der Waals surface area (Å²) >= 11 is 3.23. The van der Waals surface area contributed by atoms with Gasteiger partial charge in [-0.1, -0.05) is 0 Å². The van der Waals surface area contributed by atoms with Crippen LogP contribution in [-0.4, -0.2) is 23.7 Å². The van der Waals surface area contributed by atoms with Gasteiger partial charge < -0.3 is 9.47 Å². The lowest BCUT2D eigenvalue weighted by Gasteiger charge is -2.04.